The Morgan fingerprint density at radius 3 is 2.28 bits per heavy atom. The summed E-state index contributed by atoms with van der Waals surface area (Å²) in [6, 6.07) is 9.08. The number of carboxylic acid groups (broad SMARTS) is 1. The minimum Gasteiger partial charge on any atom is -0.481 e. The van der Waals surface area contributed by atoms with Gasteiger partial charge in [-0.3, -0.25) is 9.59 Å². The lowest BCUT2D eigenvalue weighted by Gasteiger charge is -2.24. The maximum absolute atomic E-state index is 12.1. The zero-order chi connectivity index (χ0) is 13.0. The Balaban J connectivity index is 2.08. The Labute approximate surface area is 105 Å². The Morgan fingerprint density at radius 1 is 1.06 bits per heavy atom. The zero-order valence-corrected chi connectivity index (χ0v) is 9.87. The number of carboxylic acids is 1. The Bertz CT molecular complexity index is 467. The van der Waals surface area contributed by atoms with Gasteiger partial charge in [-0.15, -0.1) is 0 Å². The first-order valence-electron chi connectivity index (χ1n) is 5.92. The summed E-state index contributed by atoms with van der Waals surface area (Å²) in [6.45, 7) is 0. The fourth-order valence-electron chi connectivity index (χ4n) is 2.13. The fraction of sp³-hybridized carbons (Fsp3) is 0.286. The van der Waals surface area contributed by atoms with Gasteiger partial charge in [-0.25, -0.2) is 0 Å². The van der Waals surface area contributed by atoms with Crippen molar-refractivity contribution >= 4 is 17.6 Å². The summed E-state index contributed by atoms with van der Waals surface area (Å²) in [7, 11) is 0. The molecule has 1 aliphatic carbocycles. The first-order valence-corrected chi connectivity index (χ1v) is 5.92. The molecule has 0 bridgehead atoms. The van der Waals surface area contributed by atoms with Crippen LogP contribution in [0.15, 0.2) is 42.5 Å². The van der Waals surface area contributed by atoms with Crippen molar-refractivity contribution in [2.75, 3.05) is 5.32 Å². The molecule has 1 aliphatic rings. The lowest BCUT2D eigenvalue weighted by molar-refractivity contribution is -0.146. The number of hydrogen-bond acceptors (Lipinski definition) is 2. The fourth-order valence-corrected chi connectivity index (χ4v) is 2.13. The van der Waals surface area contributed by atoms with E-state index in [4.69, 9.17) is 5.11 Å². The molecule has 18 heavy (non-hydrogen) atoms. The maximum atomic E-state index is 12.1. The highest BCUT2D eigenvalue weighted by atomic mass is 16.4. The molecule has 2 N–H and O–H groups in total. The summed E-state index contributed by atoms with van der Waals surface area (Å²) in [5.74, 6) is -2.25. The minimum atomic E-state index is -0.910. The molecule has 4 nitrogen and oxygen atoms in total. The summed E-state index contributed by atoms with van der Waals surface area (Å²) in [6.07, 6.45) is 4.59. The lowest BCUT2D eigenvalue weighted by atomic mass is 9.82. The van der Waals surface area contributed by atoms with Gasteiger partial charge in [0, 0.05) is 5.69 Å². The summed E-state index contributed by atoms with van der Waals surface area (Å²) >= 11 is 0. The summed E-state index contributed by atoms with van der Waals surface area (Å²) < 4.78 is 0. The second kappa shape index (κ2) is 5.49. The van der Waals surface area contributed by atoms with Gasteiger partial charge in [0.1, 0.15) is 0 Å². The third-order valence-electron chi connectivity index (χ3n) is 3.13. The van der Waals surface area contributed by atoms with E-state index in [1.807, 2.05) is 30.4 Å². The molecule has 0 fully saturated rings. The van der Waals surface area contributed by atoms with Gasteiger partial charge in [0.2, 0.25) is 5.91 Å². The molecule has 1 aromatic rings. The van der Waals surface area contributed by atoms with Gasteiger partial charge >= 0.3 is 5.97 Å². The molecule has 0 aliphatic heterocycles. The molecule has 0 spiro atoms. The third kappa shape index (κ3) is 2.77. The number of nitrogens with one attached hydrogen (secondary N) is 1. The molecule has 4 heteroatoms. The number of benzene rings is 1. The summed E-state index contributed by atoms with van der Waals surface area (Å²) in [4.78, 5) is 23.2. The van der Waals surface area contributed by atoms with Crippen LogP contribution in [0, 0.1) is 11.8 Å². The van der Waals surface area contributed by atoms with Crippen molar-refractivity contribution in [2.45, 2.75) is 12.8 Å². The number of rotatable bonds is 3. The molecular weight excluding hydrogens is 230 g/mol. The zero-order valence-electron chi connectivity index (χ0n) is 9.87. The molecule has 2 atom stereocenters. The summed E-state index contributed by atoms with van der Waals surface area (Å²) in [5, 5.41) is 11.9. The van der Waals surface area contributed by atoms with Crippen molar-refractivity contribution in [1.29, 1.82) is 0 Å². The Kier molecular flexibility index (Phi) is 3.77. The first kappa shape index (κ1) is 12.4. The van der Waals surface area contributed by atoms with Gasteiger partial charge in [0.25, 0.3) is 0 Å². The van der Waals surface area contributed by atoms with Gasteiger partial charge < -0.3 is 10.4 Å². The molecule has 0 heterocycles. The van der Waals surface area contributed by atoms with Crippen molar-refractivity contribution in [3.05, 3.63) is 42.5 Å². The van der Waals surface area contributed by atoms with Crippen molar-refractivity contribution in [3.8, 4) is 0 Å². The molecule has 0 aromatic heterocycles. The van der Waals surface area contributed by atoms with E-state index >= 15 is 0 Å². The van der Waals surface area contributed by atoms with Crippen LogP contribution in [0.4, 0.5) is 5.69 Å². The minimum absolute atomic E-state index is 0.224. The smallest absolute Gasteiger partial charge is 0.307 e. The number of carbonyl (C=O) groups is 2. The molecule has 0 saturated carbocycles. The largest absolute Gasteiger partial charge is 0.481 e. The number of para-hydroxylation sites is 1. The molecule has 1 amide bonds. The monoisotopic (exact) mass is 245 g/mol. The number of amides is 1. The summed E-state index contributed by atoms with van der Waals surface area (Å²) in [5.41, 5.74) is 0.696. The van der Waals surface area contributed by atoms with Gasteiger partial charge in [0.15, 0.2) is 0 Å². The number of carbonyl (C=O) groups excluding carboxylic acids is 1. The van der Waals surface area contributed by atoms with Gasteiger partial charge in [-0.1, -0.05) is 30.4 Å². The maximum Gasteiger partial charge on any atom is 0.307 e. The molecule has 2 rings (SSSR count). The molecule has 0 saturated heterocycles. The third-order valence-corrected chi connectivity index (χ3v) is 3.13. The van der Waals surface area contributed by atoms with Crippen LogP contribution in [0.3, 0.4) is 0 Å². The normalized spacial score (nSPS) is 22.4. The average molecular weight is 245 g/mol. The highest BCUT2D eigenvalue weighted by Crippen LogP contribution is 2.27. The van der Waals surface area contributed by atoms with E-state index in [1.54, 1.807) is 12.1 Å². The van der Waals surface area contributed by atoms with E-state index in [-0.39, 0.29) is 5.91 Å². The van der Waals surface area contributed by atoms with Crippen molar-refractivity contribution in [2.24, 2.45) is 11.8 Å². The SMILES string of the molecule is O=C(O)[C@@H]1CC=CC[C@H]1C(=O)Nc1ccccc1. The molecule has 1 aromatic carbocycles. The Hall–Kier alpha value is -2.10. The van der Waals surface area contributed by atoms with Crippen LogP contribution in [0.25, 0.3) is 0 Å². The number of hydrogen-bond donors (Lipinski definition) is 2. The van der Waals surface area contributed by atoms with Crippen LogP contribution in [0.2, 0.25) is 0 Å². The highest BCUT2D eigenvalue weighted by Gasteiger charge is 2.33. The number of anilines is 1. The predicted octanol–water partition coefficient (Wildman–Crippen LogP) is 2.29. The second-order valence-electron chi connectivity index (χ2n) is 4.35. The molecule has 0 unspecified atom stereocenters. The van der Waals surface area contributed by atoms with Crippen LogP contribution < -0.4 is 5.32 Å². The standard InChI is InChI=1S/C14H15NO3/c16-13(15-10-6-2-1-3-7-10)11-8-4-5-9-12(11)14(17)18/h1-7,11-12H,8-9H2,(H,15,16)(H,17,18)/t11-,12-/m1/s1. The van der Waals surface area contributed by atoms with E-state index in [0.717, 1.165) is 0 Å². The lowest BCUT2D eigenvalue weighted by Crippen LogP contribution is -2.34. The van der Waals surface area contributed by atoms with E-state index in [0.29, 0.717) is 18.5 Å². The number of allylic oxidation sites excluding steroid dienone is 2. The predicted molar refractivity (Wildman–Crippen MR) is 68.1 cm³/mol. The quantitative estimate of drug-likeness (QED) is 0.803. The van der Waals surface area contributed by atoms with Crippen molar-refractivity contribution < 1.29 is 14.7 Å². The van der Waals surface area contributed by atoms with E-state index in [2.05, 4.69) is 5.32 Å². The van der Waals surface area contributed by atoms with Crippen LogP contribution in [0.1, 0.15) is 12.8 Å². The van der Waals surface area contributed by atoms with Gasteiger partial charge in [-0.05, 0) is 25.0 Å². The average Bonchev–Trinajstić information content (AvgIpc) is 2.40. The van der Waals surface area contributed by atoms with Gasteiger partial charge in [0.05, 0.1) is 11.8 Å². The van der Waals surface area contributed by atoms with Gasteiger partial charge in [-0.2, -0.15) is 0 Å². The number of aliphatic carboxylic acids is 1. The van der Waals surface area contributed by atoms with Crippen molar-refractivity contribution in [3.63, 3.8) is 0 Å². The van der Waals surface area contributed by atoms with Crippen molar-refractivity contribution in [1.82, 2.24) is 0 Å². The first-order chi connectivity index (χ1) is 8.68. The molecule has 94 valence electrons. The van der Waals surface area contributed by atoms with E-state index < -0.39 is 17.8 Å². The topological polar surface area (TPSA) is 66.4 Å². The highest BCUT2D eigenvalue weighted by molar-refractivity contribution is 5.95. The molecular formula is C14H15NO3. The van der Waals surface area contributed by atoms with E-state index in [1.165, 1.54) is 0 Å². The van der Waals surface area contributed by atoms with Crippen LogP contribution in [-0.4, -0.2) is 17.0 Å². The van der Waals surface area contributed by atoms with Crippen LogP contribution in [-0.2, 0) is 9.59 Å². The van der Waals surface area contributed by atoms with Crippen LogP contribution in [0.5, 0.6) is 0 Å². The Morgan fingerprint density at radius 2 is 1.67 bits per heavy atom. The van der Waals surface area contributed by atoms with Crippen LogP contribution >= 0.6 is 0 Å². The second-order valence-corrected chi connectivity index (χ2v) is 4.35. The molecule has 0 radical (unpaired) electrons. The van der Waals surface area contributed by atoms with E-state index in [9.17, 15) is 9.59 Å².